The Hall–Kier alpha value is -0.120. The van der Waals surface area contributed by atoms with E-state index in [0.29, 0.717) is 6.04 Å². The third-order valence-corrected chi connectivity index (χ3v) is 5.85. The lowest BCUT2D eigenvalue weighted by molar-refractivity contribution is -0.0708. The van der Waals surface area contributed by atoms with Gasteiger partial charge in [0, 0.05) is 19.1 Å². The lowest BCUT2D eigenvalue weighted by Gasteiger charge is -2.38. The molecular formula is C20H41N3. The summed E-state index contributed by atoms with van der Waals surface area (Å²) < 4.78 is 0. The van der Waals surface area contributed by atoms with Gasteiger partial charge in [0.2, 0.25) is 0 Å². The highest BCUT2D eigenvalue weighted by molar-refractivity contribution is 4.72. The van der Waals surface area contributed by atoms with Crippen LogP contribution in [-0.2, 0) is 0 Å². The number of nitrogens with two attached hydrogens (primary N) is 1. The van der Waals surface area contributed by atoms with Crippen LogP contribution < -0.4 is 5.84 Å². The van der Waals surface area contributed by atoms with Crippen LogP contribution >= 0.6 is 0 Å². The van der Waals surface area contributed by atoms with E-state index in [-0.39, 0.29) is 0 Å². The summed E-state index contributed by atoms with van der Waals surface area (Å²) in [5, 5.41) is 4.68. The molecular weight excluding hydrogens is 282 g/mol. The van der Waals surface area contributed by atoms with Crippen molar-refractivity contribution in [2.24, 2.45) is 5.84 Å². The minimum absolute atomic E-state index is 0.693. The van der Waals surface area contributed by atoms with Crippen molar-refractivity contribution in [3.8, 4) is 0 Å². The molecule has 1 saturated heterocycles. The van der Waals surface area contributed by atoms with Crippen molar-refractivity contribution in [1.29, 1.82) is 0 Å². The Morgan fingerprint density at radius 1 is 0.478 bits per heavy atom. The summed E-state index contributed by atoms with van der Waals surface area (Å²) in [5.74, 6) is 6.50. The quantitative estimate of drug-likeness (QED) is 0.655. The Morgan fingerprint density at radius 2 is 0.870 bits per heavy atom. The second-order valence-corrected chi connectivity index (χ2v) is 7.86. The summed E-state index contributed by atoms with van der Waals surface area (Å²) in [6.07, 6.45) is 23.7. The van der Waals surface area contributed by atoms with Crippen molar-refractivity contribution < 1.29 is 0 Å². The number of rotatable bonds is 1. The number of hydrogen-bond acceptors (Lipinski definition) is 3. The summed E-state index contributed by atoms with van der Waals surface area (Å²) >= 11 is 0. The summed E-state index contributed by atoms with van der Waals surface area (Å²) in [7, 11) is 0. The number of hydrazine groups is 2. The van der Waals surface area contributed by atoms with Gasteiger partial charge < -0.3 is 0 Å². The van der Waals surface area contributed by atoms with Crippen molar-refractivity contribution in [3.63, 3.8) is 0 Å². The van der Waals surface area contributed by atoms with Gasteiger partial charge in [-0.1, -0.05) is 83.5 Å². The molecule has 0 spiro atoms. The maximum atomic E-state index is 6.50. The molecule has 0 aromatic rings. The van der Waals surface area contributed by atoms with E-state index < -0.39 is 0 Å². The van der Waals surface area contributed by atoms with Crippen LogP contribution in [0.25, 0.3) is 0 Å². The first-order valence-electron chi connectivity index (χ1n) is 10.7. The van der Waals surface area contributed by atoms with Gasteiger partial charge in [-0.3, -0.25) is 5.84 Å². The van der Waals surface area contributed by atoms with Crippen LogP contribution in [0.3, 0.4) is 0 Å². The lowest BCUT2D eigenvalue weighted by atomic mass is 10.0. The molecule has 2 N–H and O–H groups in total. The van der Waals surface area contributed by atoms with Crippen LogP contribution in [0.5, 0.6) is 0 Å². The average molecular weight is 324 g/mol. The molecule has 2 fully saturated rings. The van der Waals surface area contributed by atoms with Crippen molar-refractivity contribution in [2.45, 2.75) is 115 Å². The first-order chi connectivity index (χ1) is 11.4. The van der Waals surface area contributed by atoms with Crippen molar-refractivity contribution in [2.75, 3.05) is 13.1 Å². The Kier molecular flexibility index (Phi) is 10.2. The van der Waals surface area contributed by atoms with E-state index in [2.05, 4.69) is 10.1 Å². The Bertz CT molecular complexity index is 270. The SMILES string of the molecule is NN1CCCCCCCCCN1C1CCCCCCCCCC1. The van der Waals surface area contributed by atoms with E-state index in [9.17, 15) is 0 Å². The molecule has 0 unspecified atom stereocenters. The van der Waals surface area contributed by atoms with E-state index in [1.54, 1.807) is 0 Å². The van der Waals surface area contributed by atoms with Gasteiger partial charge in [0.15, 0.2) is 0 Å². The Labute approximate surface area is 144 Å². The standard InChI is InChI=1S/C20H41N3/c21-23-19-15-11-7-3-6-10-14-18-22(23)20-16-12-8-4-1-2-5-9-13-17-20/h20H,1-19,21H2. The highest BCUT2D eigenvalue weighted by Gasteiger charge is 2.22. The van der Waals surface area contributed by atoms with E-state index >= 15 is 0 Å². The average Bonchev–Trinajstić information content (AvgIpc) is 2.64. The van der Waals surface area contributed by atoms with Crippen LogP contribution in [0.2, 0.25) is 0 Å². The normalized spacial score (nSPS) is 27.0. The van der Waals surface area contributed by atoms with Gasteiger partial charge in [0.05, 0.1) is 0 Å². The zero-order valence-corrected chi connectivity index (χ0v) is 15.5. The third kappa shape index (κ3) is 8.00. The molecule has 0 radical (unpaired) electrons. The van der Waals surface area contributed by atoms with Crippen LogP contribution in [0.4, 0.5) is 0 Å². The minimum Gasteiger partial charge on any atom is -0.255 e. The van der Waals surface area contributed by atoms with Crippen LogP contribution in [-0.4, -0.2) is 29.3 Å². The lowest BCUT2D eigenvalue weighted by Crippen LogP contribution is -2.53. The molecule has 0 atom stereocenters. The fourth-order valence-electron chi connectivity index (χ4n) is 4.34. The highest BCUT2D eigenvalue weighted by atomic mass is 15.8. The molecule has 3 nitrogen and oxygen atoms in total. The summed E-state index contributed by atoms with van der Waals surface area (Å²) in [6, 6.07) is 0.693. The predicted molar refractivity (Wildman–Crippen MR) is 99.9 cm³/mol. The molecule has 1 saturated carbocycles. The topological polar surface area (TPSA) is 32.5 Å². The largest absolute Gasteiger partial charge is 0.255 e. The zero-order chi connectivity index (χ0) is 16.2. The Balaban J connectivity index is 1.92. The number of hydrogen-bond donors (Lipinski definition) is 1. The molecule has 3 heteroatoms. The molecule has 0 aromatic carbocycles. The maximum absolute atomic E-state index is 6.50. The molecule has 2 aliphatic rings. The molecule has 23 heavy (non-hydrogen) atoms. The molecule has 1 aliphatic heterocycles. The maximum Gasteiger partial charge on any atom is 0.0288 e. The van der Waals surface area contributed by atoms with E-state index in [0.717, 1.165) is 6.54 Å². The van der Waals surface area contributed by atoms with E-state index in [4.69, 9.17) is 5.84 Å². The first-order valence-corrected chi connectivity index (χ1v) is 10.7. The molecule has 0 bridgehead atoms. The molecule has 2 rings (SSSR count). The van der Waals surface area contributed by atoms with Crippen LogP contribution in [0.15, 0.2) is 0 Å². The van der Waals surface area contributed by atoms with Gasteiger partial charge in [0.25, 0.3) is 0 Å². The fourth-order valence-corrected chi connectivity index (χ4v) is 4.34. The van der Waals surface area contributed by atoms with Crippen LogP contribution in [0.1, 0.15) is 109 Å². The van der Waals surface area contributed by atoms with Gasteiger partial charge in [-0.05, 0) is 25.7 Å². The van der Waals surface area contributed by atoms with Gasteiger partial charge in [-0.2, -0.15) is 5.12 Å². The second kappa shape index (κ2) is 12.3. The van der Waals surface area contributed by atoms with Gasteiger partial charge in [-0.25, -0.2) is 5.01 Å². The smallest absolute Gasteiger partial charge is 0.0288 e. The molecule has 0 aromatic heterocycles. The van der Waals surface area contributed by atoms with Gasteiger partial charge in [-0.15, -0.1) is 0 Å². The number of nitrogens with zero attached hydrogens (tertiary/aromatic N) is 2. The van der Waals surface area contributed by atoms with Gasteiger partial charge in [0.1, 0.15) is 0 Å². The summed E-state index contributed by atoms with van der Waals surface area (Å²) in [6.45, 7) is 2.23. The van der Waals surface area contributed by atoms with Crippen molar-refractivity contribution in [1.82, 2.24) is 10.1 Å². The van der Waals surface area contributed by atoms with E-state index in [1.165, 1.54) is 116 Å². The summed E-state index contributed by atoms with van der Waals surface area (Å²) in [4.78, 5) is 0. The zero-order valence-electron chi connectivity index (χ0n) is 15.5. The Morgan fingerprint density at radius 3 is 1.39 bits per heavy atom. The second-order valence-electron chi connectivity index (χ2n) is 7.86. The highest BCUT2D eigenvalue weighted by Crippen LogP contribution is 2.22. The molecule has 1 heterocycles. The predicted octanol–water partition coefficient (Wildman–Crippen LogP) is 5.41. The van der Waals surface area contributed by atoms with Gasteiger partial charge >= 0.3 is 0 Å². The third-order valence-electron chi connectivity index (χ3n) is 5.85. The van der Waals surface area contributed by atoms with E-state index in [1.807, 2.05) is 0 Å². The minimum atomic E-state index is 0.693. The van der Waals surface area contributed by atoms with Crippen molar-refractivity contribution >= 4 is 0 Å². The molecule has 1 aliphatic carbocycles. The fraction of sp³-hybridized carbons (Fsp3) is 1.00. The molecule has 136 valence electrons. The monoisotopic (exact) mass is 323 g/mol. The van der Waals surface area contributed by atoms with Crippen LogP contribution in [0, 0.1) is 0 Å². The molecule has 0 amide bonds. The van der Waals surface area contributed by atoms with Crippen molar-refractivity contribution in [3.05, 3.63) is 0 Å². The first kappa shape index (κ1) is 19.2. The summed E-state index contributed by atoms with van der Waals surface area (Å²) in [5.41, 5.74) is 0.